The number of urea groups is 1. The van der Waals surface area contributed by atoms with Gasteiger partial charge < -0.3 is 19.7 Å². The Labute approximate surface area is 204 Å². The lowest BCUT2D eigenvalue weighted by Crippen LogP contribution is -2.65. The predicted molar refractivity (Wildman–Crippen MR) is 132 cm³/mol. The number of para-hydroxylation sites is 1. The first-order valence-corrected chi connectivity index (χ1v) is 11.9. The molecule has 1 saturated heterocycles. The highest BCUT2D eigenvalue weighted by Gasteiger charge is 2.50. The summed E-state index contributed by atoms with van der Waals surface area (Å²) in [4.78, 5) is 30.2. The van der Waals surface area contributed by atoms with Gasteiger partial charge in [0.2, 0.25) is 0 Å². The van der Waals surface area contributed by atoms with Crippen LogP contribution in [0.1, 0.15) is 46.4 Å². The van der Waals surface area contributed by atoms with Gasteiger partial charge in [0, 0.05) is 30.6 Å². The Bertz CT molecular complexity index is 1340. The third kappa shape index (κ3) is 3.50. The normalized spacial score (nSPS) is 22.5. The van der Waals surface area contributed by atoms with E-state index in [0.29, 0.717) is 42.3 Å². The van der Waals surface area contributed by atoms with Gasteiger partial charge in [-0.25, -0.2) is 4.79 Å². The Morgan fingerprint density at radius 1 is 1.09 bits per heavy atom. The standard InChI is InChI=1S/C28H27N3O4/c1-28-16-23(22-11-6-12-24(34-2)25(22)35-28)29-27(33)31(28)21-10-5-9-19(15-21)26(32)30-14-13-18-7-3-4-8-20(18)17-30/h3-12,15,23H,13-14,16-17H2,1-2H3,(H,29,33). The minimum atomic E-state index is -0.930. The SMILES string of the molecule is COc1cccc2c1OC1(C)CC2NC(=O)N1c1cccc(C(=O)N2CCc3ccccc3C2)c1. The van der Waals surface area contributed by atoms with Crippen LogP contribution in [0.25, 0.3) is 0 Å². The second-order valence-corrected chi connectivity index (χ2v) is 9.49. The molecule has 3 aromatic carbocycles. The fraction of sp³-hybridized carbons (Fsp3) is 0.286. The fourth-order valence-electron chi connectivity index (χ4n) is 5.54. The van der Waals surface area contributed by atoms with E-state index in [1.807, 2.05) is 54.3 Å². The average molecular weight is 470 g/mol. The molecule has 35 heavy (non-hydrogen) atoms. The maximum atomic E-state index is 13.4. The molecule has 0 aromatic heterocycles. The molecule has 0 radical (unpaired) electrons. The summed E-state index contributed by atoms with van der Waals surface area (Å²) < 4.78 is 12.0. The maximum absolute atomic E-state index is 13.4. The molecular formula is C28H27N3O4. The molecule has 3 aliphatic rings. The van der Waals surface area contributed by atoms with Gasteiger partial charge in [-0.2, -0.15) is 0 Å². The lowest BCUT2D eigenvalue weighted by atomic mass is 9.89. The first-order chi connectivity index (χ1) is 17.0. The summed E-state index contributed by atoms with van der Waals surface area (Å²) >= 11 is 0. The van der Waals surface area contributed by atoms with Gasteiger partial charge in [-0.3, -0.25) is 9.69 Å². The van der Waals surface area contributed by atoms with E-state index in [4.69, 9.17) is 9.47 Å². The van der Waals surface area contributed by atoms with Gasteiger partial charge in [-0.05, 0) is 48.7 Å². The van der Waals surface area contributed by atoms with Crippen molar-refractivity contribution < 1.29 is 19.1 Å². The molecule has 7 nitrogen and oxygen atoms in total. The van der Waals surface area contributed by atoms with Crippen LogP contribution >= 0.6 is 0 Å². The highest BCUT2D eigenvalue weighted by atomic mass is 16.5. The average Bonchev–Trinajstić information content (AvgIpc) is 2.87. The molecule has 3 aliphatic heterocycles. The van der Waals surface area contributed by atoms with E-state index < -0.39 is 5.72 Å². The van der Waals surface area contributed by atoms with Crippen LogP contribution in [0, 0.1) is 0 Å². The molecule has 2 unspecified atom stereocenters. The number of fused-ring (bicyclic) bond motifs is 5. The molecule has 6 rings (SSSR count). The Hall–Kier alpha value is -4.00. The van der Waals surface area contributed by atoms with Crippen molar-refractivity contribution in [2.45, 2.75) is 38.1 Å². The van der Waals surface area contributed by atoms with Crippen molar-refractivity contribution in [3.8, 4) is 11.5 Å². The number of carbonyl (C=O) groups is 2. The molecule has 3 aromatic rings. The second kappa shape index (κ2) is 8.05. The lowest BCUT2D eigenvalue weighted by Gasteiger charge is -2.50. The van der Waals surface area contributed by atoms with Crippen molar-refractivity contribution in [1.29, 1.82) is 0 Å². The number of amides is 3. The number of methoxy groups -OCH3 is 1. The van der Waals surface area contributed by atoms with E-state index in [0.717, 1.165) is 12.0 Å². The van der Waals surface area contributed by atoms with Crippen molar-refractivity contribution in [2.75, 3.05) is 18.6 Å². The van der Waals surface area contributed by atoms with Gasteiger partial charge in [0.15, 0.2) is 17.2 Å². The number of anilines is 1. The third-order valence-corrected chi connectivity index (χ3v) is 7.25. The Kier molecular flexibility index (Phi) is 4.95. The highest BCUT2D eigenvalue weighted by Crippen LogP contribution is 2.49. The summed E-state index contributed by atoms with van der Waals surface area (Å²) in [5.74, 6) is 1.22. The summed E-state index contributed by atoms with van der Waals surface area (Å²) in [6.45, 7) is 3.16. The van der Waals surface area contributed by atoms with E-state index in [1.165, 1.54) is 11.1 Å². The van der Waals surface area contributed by atoms with Crippen LogP contribution in [0.3, 0.4) is 0 Å². The Morgan fingerprint density at radius 3 is 2.71 bits per heavy atom. The molecule has 178 valence electrons. The van der Waals surface area contributed by atoms with Gasteiger partial charge in [0.05, 0.1) is 18.8 Å². The monoisotopic (exact) mass is 469 g/mol. The Morgan fingerprint density at radius 2 is 1.89 bits per heavy atom. The first-order valence-electron chi connectivity index (χ1n) is 11.9. The molecular weight excluding hydrogens is 442 g/mol. The van der Waals surface area contributed by atoms with Crippen LogP contribution in [0.2, 0.25) is 0 Å². The molecule has 0 spiro atoms. The number of rotatable bonds is 3. The maximum Gasteiger partial charge on any atom is 0.325 e. The molecule has 0 saturated carbocycles. The van der Waals surface area contributed by atoms with E-state index in [9.17, 15) is 9.59 Å². The van der Waals surface area contributed by atoms with Crippen molar-refractivity contribution in [2.24, 2.45) is 0 Å². The van der Waals surface area contributed by atoms with Gasteiger partial charge in [-0.1, -0.05) is 42.5 Å². The molecule has 7 heteroatoms. The van der Waals surface area contributed by atoms with Crippen LogP contribution in [0.5, 0.6) is 11.5 Å². The zero-order chi connectivity index (χ0) is 24.2. The van der Waals surface area contributed by atoms with E-state index in [-0.39, 0.29) is 18.0 Å². The summed E-state index contributed by atoms with van der Waals surface area (Å²) in [5.41, 5.74) is 3.62. The number of ether oxygens (including phenoxy) is 2. The van der Waals surface area contributed by atoms with E-state index >= 15 is 0 Å². The van der Waals surface area contributed by atoms with Crippen LogP contribution in [-0.4, -0.2) is 36.2 Å². The molecule has 2 bridgehead atoms. The van der Waals surface area contributed by atoms with Crippen molar-refractivity contribution in [1.82, 2.24) is 10.2 Å². The minimum Gasteiger partial charge on any atom is -0.493 e. The highest BCUT2D eigenvalue weighted by molar-refractivity contribution is 5.99. The van der Waals surface area contributed by atoms with Crippen LogP contribution in [0.15, 0.2) is 66.7 Å². The predicted octanol–water partition coefficient (Wildman–Crippen LogP) is 4.66. The fourth-order valence-corrected chi connectivity index (χ4v) is 5.54. The number of nitrogens with zero attached hydrogens (tertiary/aromatic N) is 2. The van der Waals surface area contributed by atoms with E-state index in [2.05, 4.69) is 17.4 Å². The molecule has 3 amide bonds. The molecule has 2 atom stereocenters. The van der Waals surface area contributed by atoms with Gasteiger partial charge >= 0.3 is 6.03 Å². The van der Waals surface area contributed by atoms with E-state index in [1.54, 1.807) is 24.1 Å². The molecule has 0 aliphatic carbocycles. The number of hydrogen-bond donors (Lipinski definition) is 1. The summed E-state index contributed by atoms with van der Waals surface area (Å²) in [7, 11) is 1.61. The zero-order valence-corrected chi connectivity index (χ0v) is 19.8. The van der Waals surface area contributed by atoms with Gasteiger partial charge in [-0.15, -0.1) is 0 Å². The van der Waals surface area contributed by atoms with Crippen molar-refractivity contribution in [3.63, 3.8) is 0 Å². The summed E-state index contributed by atoms with van der Waals surface area (Å²) in [6, 6.07) is 20.8. The van der Waals surface area contributed by atoms with Gasteiger partial charge in [0.1, 0.15) is 0 Å². The Balaban J connectivity index is 1.31. The van der Waals surface area contributed by atoms with Crippen LogP contribution in [0.4, 0.5) is 10.5 Å². The zero-order valence-electron chi connectivity index (χ0n) is 19.8. The van der Waals surface area contributed by atoms with Crippen molar-refractivity contribution in [3.05, 3.63) is 89.0 Å². The smallest absolute Gasteiger partial charge is 0.325 e. The largest absolute Gasteiger partial charge is 0.493 e. The summed E-state index contributed by atoms with van der Waals surface area (Å²) in [5, 5.41) is 3.11. The number of nitrogens with one attached hydrogen (secondary N) is 1. The topological polar surface area (TPSA) is 71.1 Å². The first kappa shape index (κ1) is 21.5. The van der Waals surface area contributed by atoms with Crippen molar-refractivity contribution >= 4 is 17.6 Å². The summed E-state index contributed by atoms with van der Waals surface area (Å²) in [6.07, 6.45) is 1.41. The number of benzene rings is 3. The molecule has 1 fully saturated rings. The molecule has 3 heterocycles. The third-order valence-electron chi connectivity index (χ3n) is 7.25. The number of carbonyl (C=O) groups excluding carboxylic acids is 2. The van der Waals surface area contributed by atoms with Gasteiger partial charge in [0.25, 0.3) is 5.91 Å². The molecule has 1 N–H and O–H groups in total. The van der Waals surface area contributed by atoms with Crippen LogP contribution in [-0.2, 0) is 13.0 Å². The minimum absolute atomic E-state index is 0.0432. The van der Waals surface area contributed by atoms with Crippen LogP contribution < -0.4 is 19.7 Å². The second-order valence-electron chi connectivity index (χ2n) is 9.49. The quantitative estimate of drug-likeness (QED) is 0.606. The number of hydrogen-bond acceptors (Lipinski definition) is 4. The lowest BCUT2D eigenvalue weighted by molar-refractivity contribution is 0.0349.